The third kappa shape index (κ3) is 3.78. The second kappa shape index (κ2) is 6.30. The van der Waals surface area contributed by atoms with E-state index in [1.54, 1.807) is 18.7 Å². The largest absolute Gasteiger partial charge is 0.441 e. The molecule has 0 aliphatic rings. The van der Waals surface area contributed by atoms with Crippen LogP contribution in [0.5, 0.6) is 0 Å². The molecule has 1 aromatic carbocycles. The lowest BCUT2D eigenvalue weighted by molar-refractivity contribution is -0.113. The quantitative estimate of drug-likeness (QED) is 0.646. The molecule has 0 saturated carbocycles. The average Bonchev–Trinajstić information content (AvgIpc) is 2.35. The van der Waals surface area contributed by atoms with E-state index in [0.717, 1.165) is 16.7 Å². The van der Waals surface area contributed by atoms with Gasteiger partial charge < -0.3 is 15.3 Å². The number of aldehydes is 1. The van der Waals surface area contributed by atoms with Gasteiger partial charge in [0.05, 0.1) is 5.92 Å². The van der Waals surface area contributed by atoms with Crippen LogP contribution in [0.2, 0.25) is 0 Å². The molecule has 0 radical (unpaired) electrons. The Labute approximate surface area is 105 Å². The highest BCUT2D eigenvalue weighted by molar-refractivity contribution is 7.98. The zero-order chi connectivity index (χ0) is 12.8. The van der Waals surface area contributed by atoms with E-state index in [1.807, 2.05) is 30.5 Å². The van der Waals surface area contributed by atoms with Crippen molar-refractivity contribution >= 4 is 24.1 Å². The Hall–Kier alpha value is -1.49. The first-order valence-electron chi connectivity index (χ1n) is 5.13. The molecule has 0 fully saturated rings. The molecule has 2 N–H and O–H groups in total. The Morgan fingerprint density at radius 2 is 2.00 bits per heavy atom. The molecule has 5 heteroatoms. The highest BCUT2D eigenvalue weighted by atomic mass is 32.2. The number of hydrogen-bond donors (Lipinski definition) is 1. The van der Waals surface area contributed by atoms with Gasteiger partial charge in [0.25, 0.3) is 0 Å². The van der Waals surface area contributed by atoms with E-state index in [0.29, 0.717) is 0 Å². The number of hydrogen-bond acceptors (Lipinski definition) is 4. The summed E-state index contributed by atoms with van der Waals surface area (Å²) in [4.78, 5) is 22.7. The molecule has 17 heavy (non-hydrogen) atoms. The molecule has 2 atom stereocenters. The fourth-order valence-electron chi connectivity index (χ4n) is 1.47. The minimum absolute atomic E-state index is 0.428. The molecule has 4 nitrogen and oxygen atoms in total. The SMILES string of the molecule is CSc1ccc(C(OC(N)=O)C(C)C=O)cc1. The molecular weight excluding hydrogens is 238 g/mol. The lowest BCUT2D eigenvalue weighted by Crippen LogP contribution is -2.22. The minimum atomic E-state index is -0.877. The van der Waals surface area contributed by atoms with Crippen LogP contribution in [0.4, 0.5) is 4.79 Å². The maximum atomic E-state index is 10.8. The van der Waals surface area contributed by atoms with Crippen LogP contribution < -0.4 is 5.73 Å². The molecule has 0 aliphatic carbocycles. The summed E-state index contributed by atoms with van der Waals surface area (Å²) in [6.07, 6.45) is 1.22. The Bertz CT molecular complexity index is 391. The number of ether oxygens (including phenoxy) is 1. The van der Waals surface area contributed by atoms with Crippen molar-refractivity contribution in [2.45, 2.75) is 17.9 Å². The second-order valence-corrected chi connectivity index (χ2v) is 4.51. The topological polar surface area (TPSA) is 69.4 Å². The monoisotopic (exact) mass is 253 g/mol. The number of carbonyl (C=O) groups excluding carboxylic acids is 2. The van der Waals surface area contributed by atoms with Gasteiger partial charge in [-0.05, 0) is 24.0 Å². The van der Waals surface area contributed by atoms with Gasteiger partial charge in [-0.1, -0.05) is 19.1 Å². The number of rotatable bonds is 5. The average molecular weight is 253 g/mol. The van der Waals surface area contributed by atoms with E-state index < -0.39 is 18.1 Å². The fourth-order valence-corrected chi connectivity index (χ4v) is 1.88. The van der Waals surface area contributed by atoms with Gasteiger partial charge in [-0.2, -0.15) is 0 Å². The van der Waals surface area contributed by atoms with Crippen molar-refractivity contribution in [3.05, 3.63) is 29.8 Å². The lowest BCUT2D eigenvalue weighted by atomic mass is 9.98. The van der Waals surface area contributed by atoms with Crippen molar-refractivity contribution in [1.82, 2.24) is 0 Å². The smallest absolute Gasteiger partial charge is 0.405 e. The van der Waals surface area contributed by atoms with Gasteiger partial charge in [0.2, 0.25) is 0 Å². The van der Waals surface area contributed by atoms with E-state index in [-0.39, 0.29) is 0 Å². The Morgan fingerprint density at radius 3 is 2.41 bits per heavy atom. The standard InChI is InChI=1S/C12H15NO3S/c1-8(7-14)11(16-12(13)15)9-3-5-10(17-2)6-4-9/h3-8,11H,1-2H3,(H2,13,15). The first kappa shape index (κ1) is 13.6. The zero-order valence-corrected chi connectivity index (χ0v) is 10.6. The molecule has 1 rings (SSSR count). The number of nitrogens with two attached hydrogens (primary N) is 1. The van der Waals surface area contributed by atoms with Crippen molar-refractivity contribution < 1.29 is 14.3 Å². The van der Waals surface area contributed by atoms with Crippen molar-refractivity contribution in [2.75, 3.05) is 6.26 Å². The third-order valence-electron chi connectivity index (χ3n) is 2.38. The van der Waals surface area contributed by atoms with Gasteiger partial charge in [0.1, 0.15) is 12.4 Å². The molecule has 0 aliphatic heterocycles. The van der Waals surface area contributed by atoms with Gasteiger partial charge in [-0.25, -0.2) is 4.79 Å². The number of amides is 1. The Balaban J connectivity index is 2.94. The summed E-state index contributed by atoms with van der Waals surface area (Å²) < 4.78 is 4.96. The van der Waals surface area contributed by atoms with Crippen LogP contribution in [-0.2, 0) is 9.53 Å². The zero-order valence-electron chi connectivity index (χ0n) is 9.75. The predicted molar refractivity (Wildman–Crippen MR) is 66.9 cm³/mol. The van der Waals surface area contributed by atoms with Crippen LogP contribution in [0.15, 0.2) is 29.2 Å². The van der Waals surface area contributed by atoms with E-state index in [2.05, 4.69) is 0 Å². The number of benzene rings is 1. The third-order valence-corrected chi connectivity index (χ3v) is 3.12. The normalized spacial score (nSPS) is 13.8. The Kier molecular flexibility index (Phi) is 5.03. The fraction of sp³-hybridized carbons (Fsp3) is 0.333. The molecule has 0 bridgehead atoms. The van der Waals surface area contributed by atoms with Crippen molar-refractivity contribution in [1.29, 1.82) is 0 Å². The van der Waals surface area contributed by atoms with Crippen molar-refractivity contribution in [2.24, 2.45) is 11.7 Å². The summed E-state index contributed by atoms with van der Waals surface area (Å²) in [5.74, 6) is -0.428. The second-order valence-electron chi connectivity index (χ2n) is 3.63. The van der Waals surface area contributed by atoms with Crippen LogP contribution >= 0.6 is 11.8 Å². The van der Waals surface area contributed by atoms with Gasteiger partial charge in [-0.15, -0.1) is 11.8 Å². The van der Waals surface area contributed by atoms with Crippen LogP contribution in [0.25, 0.3) is 0 Å². The molecule has 1 aromatic rings. The molecule has 0 aromatic heterocycles. The van der Waals surface area contributed by atoms with Crippen molar-refractivity contribution in [3.8, 4) is 0 Å². The summed E-state index contributed by atoms with van der Waals surface area (Å²) in [6, 6.07) is 7.49. The molecule has 0 heterocycles. The highest BCUT2D eigenvalue weighted by Crippen LogP contribution is 2.26. The van der Waals surface area contributed by atoms with Gasteiger partial charge in [-0.3, -0.25) is 0 Å². The van der Waals surface area contributed by atoms with Crippen LogP contribution in [0, 0.1) is 5.92 Å². The van der Waals surface area contributed by atoms with Crippen molar-refractivity contribution in [3.63, 3.8) is 0 Å². The molecule has 92 valence electrons. The van der Waals surface area contributed by atoms with E-state index in [4.69, 9.17) is 10.5 Å². The number of carbonyl (C=O) groups is 2. The van der Waals surface area contributed by atoms with E-state index in [9.17, 15) is 9.59 Å². The summed E-state index contributed by atoms with van der Waals surface area (Å²) in [5.41, 5.74) is 5.76. The van der Waals surface area contributed by atoms with Crippen LogP contribution in [-0.4, -0.2) is 18.6 Å². The molecule has 1 amide bonds. The summed E-state index contributed by atoms with van der Waals surface area (Å²) >= 11 is 1.62. The Morgan fingerprint density at radius 1 is 1.41 bits per heavy atom. The van der Waals surface area contributed by atoms with E-state index >= 15 is 0 Å². The lowest BCUT2D eigenvalue weighted by Gasteiger charge is -2.19. The van der Waals surface area contributed by atoms with Gasteiger partial charge >= 0.3 is 6.09 Å². The van der Waals surface area contributed by atoms with Gasteiger partial charge in [0, 0.05) is 4.90 Å². The molecule has 2 unspecified atom stereocenters. The predicted octanol–water partition coefficient (Wildman–Crippen LogP) is 2.38. The van der Waals surface area contributed by atoms with E-state index in [1.165, 1.54) is 0 Å². The number of primary amides is 1. The first-order valence-corrected chi connectivity index (χ1v) is 6.36. The van der Waals surface area contributed by atoms with Gasteiger partial charge in [0.15, 0.2) is 0 Å². The maximum absolute atomic E-state index is 10.8. The van der Waals surface area contributed by atoms with Crippen LogP contribution in [0.1, 0.15) is 18.6 Å². The maximum Gasteiger partial charge on any atom is 0.405 e. The molecule has 0 spiro atoms. The van der Waals surface area contributed by atoms with Crippen LogP contribution in [0.3, 0.4) is 0 Å². The minimum Gasteiger partial charge on any atom is -0.441 e. The highest BCUT2D eigenvalue weighted by Gasteiger charge is 2.22. The summed E-state index contributed by atoms with van der Waals surface area (Å²) in [7, 11) is 0. The first-order chi connectivity index (χ1) is 8.08. The molecular formula is C12H15NO3S. The summed E-state index contributed by atoms with van der Waals surface area (Å²) in [6.45, 7) is 1.68. The number of thioether (sulfide) groups is 1. The summed E-state index contributed by atoms with van der Waals surface area (Å²) in [5, 5.41) is 0. The molecule has 0 saturated heterocycles.